The number of halogens is 1. The van der Waals surface area contributed by atoms with E-state index in [0.29, 0.717) is 0 Å². The zero-order valence-electron chi connectivity index (χ0n) is 4.87. The molecule has 2 nitrogen and oxygen atoms in total. The van der Waals surface area contributed by atoms with E-state index in [0.717, 1.165) is 0 Å². The lowest BCUT2D eigenvalue weighted by molar-refractivity contribution is 0.282. The van der Waals surface area contributed by atoms with Gasteiger partial charge in [-0.25, -0.2) is 9.07 Å². The van der Waals surface area contributed by atoms with Crippen molar-refractivity contribution in [2.75, 3.05) is 0 Å². The van der Waals surface area contributed by atoms with Crippen LogP contribution in [0.1, 0.15) is 6.30 Å². The minimum atomic E-state index is -1.19. The highest BCUT2D eigenvalue weighted by Crippen LogP contribution is 2.04. The molecule has 0 aliphatic rings. The smallest absolute Gasteiger partial charge is 0.209 e. The standard InChI is InChI=1S/C6H7FN2/c1-2-6(7)9-5-3-4-8-9/h2-6H,1H2. The highest BCUT2D eigenvalue weighted by Gasteiger charge is 1.99. The molecule has 0 spiro atoms. The molecule has 1 atom stereocenters. The van der Waals surface area contributed by atoms with E-state index in [4.69, 9.17) is 0 Å². The molecule has 0 N–H and O–H groups in total. The van der Waals surface area contributed by atoms with Crippen molar-refractivity contribution in [3.8, 4) is 0 Å². The third kappa shape index (κ3) is 1.16. The van der Waals surface area contributed by atoms with E-state index in [2.05, 4.69) is 11.7 Å². The van der Waals surface area contributed by atoms with Crippen molar-refractivity contribution in [3.05, 3.63) is 31.1 Å². The maximum Gasteiger partial charge on any atom is 0.209 e. The molecule has 0 radical (unpaired) electrons. The van der Waals surface area contributed by atoms with Gasteiger partial charge in [-0.15, -0.1) is 0 Å². The number of aromatic nitrogens is 2. The third-order valence-corrected chi connectivity index (χ3v) is 0.972. The maximum atomic E-state index is 12.5. The first-order valence-corrected chi connectivity index (χ1v) is 2.60. The molecule has 0 aliphatic carbocycles. The molecule has 0 amide bonds. The summed E-state index contributed by atoms with van der Waals surface area (Å²) in [7, 11) is 0. The summed E-state index contributed by atoms with van der Waals surface area (Å²) in [5, 5.41) is 3.66. The van der Waals surface area contributed by atoms with Crippen molar-refractivity contribution < 1.29 is 4.39 Å². The van der Waals surface area contributed by atoms with Crippen LogP contribution in [-0.2, 0) is 0 Å². The molecule has 9 heavy (non-hydrogen) atoms. The summed E-state index contributed by atoms with van der Waals surface area (Å²) >= 11 is 0. The predicted molar refractivity (Wildman–Crippen MR) is 32.6 cm³/mol. The fraction of sp³-hybridized carbons (Fsp3) is 0.167. The van der Waals surface area contributed by atoms with Crippen molar-refractivity contribution >= 4 is 0 Å². The Hall–Kier alpha value is -1.12. The fourth-order valence-electron chi connectivity index (χ4n) is 0.535. The summed E-state index contributed by atoms with van der Waals surface area (Å²) in [6.07, 6.45) is 3.06. The van der Waals surface area contributed by atoms with Crippen molar-refractivity contribution in [3.63, 3.8) is 0 Å². The van der Waals surface area contributed by atoms with Crippen molar-refractivity contribution in [2.24, 2.45) is 0 Å². The van der Waals surface area contributed by atoms with E-state index in [1.807, 2.05) is 0 Å². The highest BCUT2D eigenvalue weighted by molar-refractivity contribution is 4.84. The topological polar surface area (TPSA) is 17.8 Å². The quantitative estimate of drug-likeness (QED) is 0.549. The minimum Gasteiger partial charge on any atom is -0.235 e. The van der Waals surface area contributed by atoms with E-state index in [-0.39, 0.29) is 0 Å². The van der Waals surface area contributed by atoms with Crippen molar-refractivity contribution in [1.82, 2.24) is 9.78 Å². The van der Waals surface area contributed by atoms with Crippen LogP contribution in [0.5, 0.6) is 0 Å². The van der Waals surface area contributed by atoms with Gasteiger partial charge in [0.05, 0.1) is 0 Å². The van der Waals surface area contributed by atoms with Gasteiger partial charge in [0.15, 0.2) is 0 Å². The molecule has 0 aromatic carbocycles. The van der Waals surface area contributed by atoms with E-state index in [9.17, 15) is 4.39 Å². The first kappa shape index (κ1) is 6.01. The molecule has 0 saturated heterocycles. The summed E-state index contributed by atoms with van der Waals surface area (Å²) in [4.78, 5) is 0. The molecule has 1 aromatic rings. The number of hydrogen-bond donors (Lipinski definition) is 0. The van der Waals surface area contributed by atoms with Crippen LogP contribution in [0.25, 0.3) is 0 Å². The van der Waals surface area contributed by atoms with Crippen LogP contribution in [0.4, 0.5) is 4.39 Å². The molecular formula is C6H7FN2. The molecule has 48 valence electrons. The van der Waals surface area contributed by atoms with Gasteiger partial charge < -0.3 is 0 Å². The van der Waals surface area contributed by atoms with Gasteiger partial charge in [-0.1, -0.05) is 6.58 Å². The van der Waals surface area contributed by atoms with Gasteiger partial charge in [0.1, 0.15) is 0 Å². The lowest BCUT2D eigenvalue weighted by atomic mass is 10.6. The summed E-state index contributed by atoms with van der Waals surface area (Å²) in [6, 6.07) is 1.66. The Labute approximate surface area is 52.6 Å². The zero-order chi connectivity index (χ0) is 6.69. The molecule has 0 aliphatic heterocycles. The first-order chi connectivity index (χ1) is 4.34. The van der Waals surface area contributed by atoms with Crippen LogP contribution in [0.3, 0.4) is 0 Å². The van der Waals surface area contributed by atoms with Gasteiger partial charge in [-0.05, 0) is 12.1 Å². The first-order valence-electron chi connectivity index (χ1n) is 2.60. The molecule has 0 saturated carbocycles. The third-order valence-electron chi connectivity index (χ3n) is 0.972. The molecule has 3 heteroatoms. The van der Waals surface area contributed by atoms with Crippen molar-refractivity contribution in [2.45, 2.75) is 6.30 Å². The second kappa shape index (κ2) is 2.44. The summed E-state index contributed by atoms with van der Waals surface area (Å²) < 4.78 is 13.7. The summed E-state index contributed by atoms with van der Waals surface area (Å²) in [6.45, 7) is 3.28. The Balaban J connectivity index is 2.76. The number of nitrogens with zero attached hydrogens (tertiary/aromatic N) is 2. The van der Waals surface area contributed by atoms with Crippen LogP contribution in [0, 0.1) is 0 Å². The SMILES string of the molecule is C=CC(F)n1cccn1. The zero-order valence-corrected chi connectivity index (χ0v) is 4.87. The monoisotopic (exact) mass is 126 g/mol. The average molecular weight is 126 g/mol. The normalized spacial score (nSPS) is 13.0. The average Bonchev–Trinajstić information content (AvgIpc) is 2.37. The molecule has 0 fully saturated rings. The van der Waals surface area contributed by atoms with Crippen LogP contribution in [-0.4, -0.2) is 9.78 Å². The van der Waals surface area contributed by atoms with E-state index in [1.165, 1.54) is 17.0 Å². The highest BCUT2D eigenvalue weighted by atomic mass is 19.1. The number of rotatable bonds is 2. The van der Waals surface area contributed by atoms with E-state index < -0.39 is 6.30 Å². The van der Waals surface area contributed by atoms with Gasteiger partial charge >= 0.3 is 0 Å². The molecule has 0 bridgehead atoms. The van der Waals surface area contributed by atoms with Gasteiger partial charge in [-0.3, -0.25) is 0 Å². The van der Waals surface area contributed by atoms with Gasteiger partial charge in [-0.2, -0.15) is 5.10 Å². The minimum absolute atomic E-state index is 1.19. The fourth-order valence-corrected chi connectivity index (χ4v) is 0.535. The summed E-state index contributed by atoms with van der Waals surface area (Å²) in [5.74, 6) is 0. The molecule has 1 heterocycles. The second-order valence-corrected chi connectivity index (χ2v) is 1.59. The Morgan fingerprint density at radius 2 is 2.56 bits per heavy atom. The number of allylic oxidation sites excluding steroid dienone is 1. The van der Waals surface area contributed by atoms with Crippen LogP contribution < -0.4 is 0 Å². The second-order valence-electron chi connectivity index (χ2n) is 1.59. The number of hydrogen-bond acceptors (Lipinski definition) is 1. The maximum absolute atomic E-state index is 12.5. The van der Waals surface area contributed by atoms with E-state index >= 15 is 0 Å². The lowest BCUT2D eigenvalue weighted by Gasteiger charge is -1.99. The Morgan fingerprint density at radius 1 is 1.78 bits per heavy atom. The van der Waals surface area contributed by atoms with Gasteiger partial charge in [0.25, 0.3) is 0 Å². The van der Waals surface area contributed by atoms with Gasteiger partial charge in [0.2, 0.25) is 6.30 Å². The van der Waals surface area contributed by atoms with E-state index in [1.54, 1.807) is 12.3 Å². The Bertz CT molecular complexity index is 181. The summed E-state index contributed by atoms with van der Waals surface area (Å²) in [5.41, 5.74) is 0. The Kier molecular flexibility index (Phi) is 1.63. The van der Waals surface area contributed by atoms with Crippen LogP contribution in [0.15, 0.2) is 31.1 Å². The Morgan fingerprint density at radius 3 is 3.00 bits per heavy atom. The molecule has 1 aromatic heterocycles. The van der Waals surface area contributed by atoms with Crippen molar-refractivity contribution in [1.29, 1.82) is 0 Å². The molecular weight excluding hydrogens is 119 g/mol. The lowest BCUT2D eigenvalue weighted by Crippen LogP contribution is -1.99. The molecule has 1 unspecified atom stereocenters. The largest absolute Gasteiger partial charge is 0.235 e. The van der Waals surface area contributed by atoms with Crippen LogP contribution >= 0.6 is 0 Å². The van der Waals surface area contributed by atoms with Crippen LogP contribution in [0.2, 0.25) is 0 Å². The van der Waals surface area contributed by atoms with Gasteiger partial charge in [0, 0.05) is 12.4 Å². The number of alkyl halides is 1. The predicted octanol–water partition coefficient (Wildman–Crippen LogP) is 1.54. The molecule has 1 rings (SSSR count).